The Hall–Kier alpha value is -3.30. The van der Waals surface area contributed by atoms with Gasteiger partial charge in [-0.3, -0.25) is 14.3 Å². The topological polar surface area (TPSA) is 88.9 Å². The molecule has 9 nitrogen and oxygen atoms in total. The summed E-state index contributed by atoms with van der Waals surface area (Å²) >= 11 is 6.13. The van der Waals surface area contributed by atoms with Gasteiger partial charge in [0.2, 0.25) is 0 Å². The third-order valence-corrected chi connectivity index (χ3v) is 6.80. The number of anilines is 1. The summed E-state index contributed by atoms with van der Waals surface area (Å²) in [5, 5.41) is 4.03. The highest BCUT2D eigenvalue weighted by molar-refractivity contribution is 6.31. The molecule has 1 aromatic heterocycles. The Morgan fingerprint density at radius 2 is 1.94 bits per heavy atom. The number of aromatic nitrogens is 2. The summed E-state index contributed by atoms with van der Waals surface area (Å²) in [7, 11) is 4.87. The highest BCUT2D eigenvalue weighted by Gasteiger charge is 2.32. The van der Waals surface area contributed by atoms with Crippen LogP contribution in [0.2, 0.25) is 5.02 Å². The van der Waals surface area contributed by atoms with E-state index >= 15 is 0 Å². The second-order valence-electron chi connectivity index (χ2n) is 8.71. The number of carbonyl (C=O) groups is 1. The van der Waals surface area contributed by atoms with Crippen LogP contribution in [-0.4, -0.2) is 65.3 Å². The zero-order chi connectivity index (χ0) is 25.3. The van der Waals surface area contributed by atoms with Crippen molar-refractivity contribution in [1.29, 1.82) is 0 Å². The zero-order valence-electron chi connectivity index (χ0n) is 20.5. The largest absolute Gasteiger partial charge is 0.497 e. The van der Waals surface area contributed by atoms with Crippen LogP contribution in [0.25, 0.3) is 10.9 Å². The molecule has 4 rings (SSSR count). The summed E-state index contributed by atoms with van der Waals surface area (Å²) in [4.78, 5) is 34.8. The lowest BCUT2D eigenvalue weighted by Crippen LogP contribution is -2.55. The van der Waals surface area contributed by atoms with E-state index in [9.17, 15) is 9.59 Å². The van der Waals surface area contributed by atoms with E-state index in [-0.39, 0.29) is 23.7 Å². The molecule has 1 N–H and O–H groups in total. The van der Waals surface area contributed by atoms with Crippen molar-refractivity contribution < 1.29 is 14.3 Å². The fourth-order valence-corrected chi connectivity index (χ4v) is 4.69. The Labute approximate surface area is 209 Å². The maximum atomic E-state index is 13.1. The quantitative estimate of drug-likeness (QED) is 0.572. The fourth-order valence-electron chi connectivity index (χ4n) is 4.53. The molecule has 2 atom stereocenters. The van der Waals surface area contributed by atoms with Gasteiger partial charge in [0.15, 0.2) is 0 Å². The van der Waals surface area contributed by atoms with Gasteiger partial charge in [-0.1, -0.05) is 11.6 Å². The molecule has 35 heavy (non-hydrogen) atoms. The first-order valence-corrected chi connectivity index (χ1v) is 11.8. The molecular formula is C25H30ClN5O4. The maximum Gasteiger partial charge on any atom is 0.322 e. The monoisotopic (exact) mass is 499 g/mol. The third-order valence-electron chi connectivity index (χ3n) is 6.56. The van der Waals surface area contributed by atoms with Gasteiger partial charge in [-0.05, 0) is 44.2 Å². The molecule has 1 fully saturated rings. The Morgan fingerprint density at radius 1 is 1.17 bits per heavy atom. The molecule has 186 valence electrons. The van der Waals surface area contributed by atoms with Gasteiger partial charge >= 0.3 is 6.03 Å². The summed E-state index contributed by atoms with van der Waals surface area (Å²) in [5.74, 6) is 1.84. The van der Waals surface area contributed by atoms with Gasteiger partial charge in [0, 0.05) is 43.8 Å². The summed E-state index contributed by atoms with van der Waals surface area (Å²) in [6.45, 7) is 5.85. The first kappa shape index (κ1) is 24.8. The molecule has 2 amide bonds. The van der Waals surface area contributed by atoms with Crippen LogP contribution < -0.4 is 20.3 Å². The molecule has 3 aromatic rings. The van der Waals surface area contributed by atoms with Crippen LogP contribution in [-0.2, 0) is 7.05 Å². The lowest BCUT2D eigenvalue weighted by molar-refractivity contribution is 0.0796. The van der Waals surface area contributed by atoms with Crippen molar-refractivity contribution in [3.8, 4) is 11.5 Å². The van der Waals surface area contributed by atoms with Crippen LogP contribution in [0.5, 0.6) is 11.5 Å². The number of methoxy groups -OCH3 is 2. The molecule has 1 aliphatic rings. The Balaban J connectivity index is 1.49. The Kier molecular flexibility index (Phi) is 7.18. The SMILES string of the molecule is COc1ccc(NC(=O)N2CCN(C(C)c3nc4cc(Cl)ccc4c(=O)n3C)CC2C)c(OC)c1. The van der Waals surface area contributed by atoms with E-state index in [1.807, 2.05) is 13.8 Å². The average molecular weight is 500 g/mol. The fraction of sp³-hybridized carbons (Fsp3) is 0.400. The summed E-state index contributed by atoms with van der Waals surface area (Å²) < 4.78 is 12.2. The number of amides is 2. The number of halogens is 1. The van der Waals surface area contributed by atoms with Gasteiger partial charge in [-0.2, -0.15) is 0 Å². The van der Waals surface area contributed by atoms with Crippen LogP contribution in [0, 0.1) is 0 Å². The summed E-state index contributed by atoms with van der Waals surface area (Å²) in [5.41, 5.74) is 1.06. The number of nitrogens with zero attached hydrogens (tertiary/aromatic N) is 4. The lowest BCUT2D eigenvalue weighted by atomic mass is 10.1. The minimum Gasteiger partial charge on any atom is -0.497 e. The van der Waals surface area contributed by atoms with Gasteiger partial charge in [0.25, 0.3) is 5.56 Å². The molecule has 0 aliphatic carbocycles. The van der Waals surface area contributed by atoms with E-state index in [0.29, 0.717) is 58.6 Å². The molecule has 0 spiro atoms. The summed E-state index contributed by atoms with van der Waals surface area (Å²) in [6, 6.07) is 10.0. The minimum atomic E-state index is -0.195. The number of piperazine rings is 1. The van der Waals surface area contributed by atoms with Crippen LogP contribution in [0.4, 0.5) is 10.5 Å². The second-order valence-corrected chi connectivity index (χ2v) is 9.14. The number of rotatable bonds is 5. The van der Waals surface area contributed by atoms with Crippen molar-refractivity contribution in [3.05, 3.63) is 57.6 Å². The minimum absolute atomic E-state index is 0.0534. The maximum absolute atomic E-state index is 13.1. The van der Waals surface area contributed by atoms with Crippen LogP contribution >= 0.6 is 11.6 Å². The molecule has 1 aliphatic heterocycles. The Morgan fingerprint density at radius 3 is 2.63 bits per heavy atom. The van der Waals surface area contributed by atoms with E-state index in [4.69, 9.17) is 26.1 Å². The third kappa shape index (κ3) is 4.92. The molecular weight excluding hydrogens is 470 g/mol. The number of fused-ring (bicyclic) bond motifs is 1. The normalized spacial score (nSPS) is 17.3. The molecule has 1 saturated heterocycles. The standard InChI is InChI=1S/C25H30ClN5O4/c1-15-14-30(16(2)23-27-21-12-17(26)6-8-19(21)24(32)29(23)3)10-11-31(15)25(33)28-20-9-7-18(34-4)13-22(20)35-5/h6-9,12-13,15-16H,10-11,14H2,1-5H3,(H,28,33). The number of hydrogen-bond donors (Lipinski definition) is 1. The predicted molar refractivity (Wildman–Crippen MR) is 137 cm³/mol. The van der Waals surface area contributed by atoms with E-state index in [0.717, 1.165) is 0 Å². The van der Waals surface area contributed by atoms with Crippen molar-refractivity contribution in [1.82, 2.24) is 19.4 Å². The molecule has 2 unspecified atom stereocenters. The van der Waals surface area contributed by atoms with Gasteiger partial charge in [0.05, 0.1) is 36.9 Å². The molecule has 10 heteroatoms. The number of ether oxygens (including phenoxy) is 2. The van der Waals surface area contributed by atoms with Gasteiger partial charge in [-0.15, -0.1) is 0 Å². The number of benzene rings is 2. The lowest BCUT2D eigenvalue weighted by Gasteiger charge is -2.42. The zero-order valence-corrected chi connectivity index (χ0v) is 21.3. The van der Waals surface area contributed by atoms with E-state index in [2.05, 4.69) is 10.2 Å². The first-order chi connectivity index (χ1) is 16.7. The number of urea groups is 1. The first-order valence-electron chi connectivity index (χ1n) is 11.4. The number of nitrogens with one attached hydrogen (secondary N) is 1. The van der Waals surface area contributed by atoms with Crippen molar-refractivity contribution >= 4 is 34.2 Å². The molecule has 0 bridgehead atoms. The average Bonchev–Trinajstić information content (AvgIpc) is 2.85. The van der Waals surface area contributed by atoms with Gasteiger partial charge in [-0.25, -0.2) is 9.78 Å². The van der Waals surface area contributed by atoms with Crippen molar-refractivity contribution in [2.45, 2.75) is 25.9 Å². The molecule has 2 heterocycles. The van der Waals surface area contributed by atoms with E-state index in [1.54, 1.807) is 67.1 Å². The van der Waals surface area contributed by atoms with Crippen LogP contribution in [0.1, 0.15) is 25.7 Å². The van der Waals surface area contributed by atoms with Crippen LogP contribution in [0.3, 0.4) is 0 Å². The second kappa shape index (κ2) is 10.1. The van der Waals surface area contributed by atoms with Crippen molar-refractivity contribution in [2.24, 2.45) is 7.05 Å². The molecule has 0 saturated carbocycles. The van der Waals surface area contributed by atoms with E-state index in [1.165, 1.54) is 0 Å². The van der Waals surface area contributed by atoms with Crippen molar-refractivity contribution in [2.75, 3.05) is 39.2 Å². The van der Waals surface area contributed by atoms with Crippen molar-refractivity contribution in [3.63, 3.8) is 0 Å². The number of hydrogen-bond acceptors (Lipinski definition) is 6. The van der Waals surface area contributed by atoms with Gasteiger partial charge in [0.1, 0.15) is 17.3 Å². The Bertz CT molecular complexity index is 1310. The smallest absolute Gasteiger partial charge is 0.322 e. The summed E-state index contributed by atoms with van der Waals surface area (Å²) in [6.07, 6.45) is 0. The van der Waals surface area contributed by atoms with Gasteiger partial charge < -0.3 is 19.7 Å². The van der Waals surface area contributed by atoms with Crippen LogP contribution in [0.15, 0.2) is 41.2 Å². The van der Waals surface area contributed by atoms with E-state index < -0.39 is 0 Å². The molecule has 2 aromatic carbocycles. The number of carbonyl (C=O) groups excluding carboxylic acids is 1. The predicted octanol–water partition coefficient (Wildman–Crippen LogP) is 3.90. The molecule has 0 radical (unpaired) electrons. The highest BCUT2D eigenvalue weighted by atomic mass is 35.5. The highest BCUT2D eigenvalue weighted by Crippen LogP contribution is 2.30.